The predicted molar refractivity (Wildman–Crippen MR) is 111 cm³/mol. The van der Waals surface area contributed by atoms with Crippen molar-refractivity contribution in [1.82, 2.24) is 15.3 Å². The standard InChI is InChI=1S/C21H21ClN4O2/c1-14-6-7-16(22)11-18(14)26-20-13-24-19(12-25-20)21(27)23-9-8-15-4-3-5-17(10-15)28-2/h3-7,10-13H,8-9H2,1-2H3,(H,23,27)(H,25,26). The van der Waals surface area contributed by atoms with Crippen molar-refractivity contribution >= 4 is 29.0 Å². The summed E-state index contributed by atoms with van der Waals surface area (Å²) in [5, 5.41) is 6.64. The highest BCUT2D eigenvalue weighted by atomic mass is 35.5. The molecule has 1 amide bonds. The smallest absolute Gasteiger partial charge is 0.271 e. The van der Waals surface area contributed by atoms with Crippen LogP contribution in [0.25, 0.3) is 0 Å². The number of nitrogens with one attached hydrogen (secondary N) is 2. The molecule has 0 saturated heterocycles. The van der Waals surface area contributed by atoms with Crippen LogP contribution in [0.1, 0.15) is 21.6 Å². The van der Waals surface area contributed by atoms with Gasteiger partial charge in [0, 0.05) is 17.3 Å². The normalized spacial score (nSPS) is 10.4. The lowest BCUT2D eigenvalue weighted by Gasteiger charge is -2.10. The fourth-order valence-electron chi connectivity index (χ4n) is 2.62. The number of halogens is 1. The zero-order chi connectivity index (χ0) is 19.9. The van der Waals surface area contributed by atoms with Crippen molar-refractivity contribution in [3.63, 3.8) is 0 Å². The Morgan fingerprint density at radius 3 is 2.75 bits per heavy atom. The first-order valence-corrected chi connectivity index (χ1v) is 9.19. The molecular weight excluding hydrogens is 376 g/mol. The molecule has 6 nitrogen and oxygen atoms in total. The first-order chi connectivity index (χ1) is 13.5. The fourth-order valence-corrected chi connectivity index (χ4v) is 2.79. The molecular formula is C21H21ClN4O2. The lowest BCUT2D eigenvalue weighted by Crippen LogP contribution is -2.26. The first kappa shape index (κ1) is 19.6. The Bertz CT molecular complexity index is 961. The number of benzene rings is 2. The Balaban J connectivity index is 1.55. The zero-order valence-corrected chi connectivity index (χ0v) is 16.5. The van der Waals surface area contributed by atoms with Crippen LogP contribution in [0.5, 0.6) is 5.75 Å². The fraction of sp³-hybridized carbons (Fsp3) is 0.190. The van der Waals surface area contributed by atoms with Gasteiger partial charge in [-0.25, -0.2) is 9.97 Å². The molecule has 0 aliphatic rings. The maximum absolute atomic E-state index is 12.3. The summed E-state index contributed by atoms with van der Waals surface area (Å²) in [5.41, 5.74) is 3.23. The first-order valence-electron chi connectivity index (χ1n) is 8.81. The summed E-state index contributed by atoms with van der Waals surface area (Å²) >= 11 is 6.02. The van der Waals surface area contributed by atoms with Crippen LogP contribution in [-0.4, -0.2) is 29.5 Å². The van der Waals surface area contributed by atoms with Crippen molar-refractivity contribution < 1.29 is 9.53 Å². The number of carbonyl (C=O) groups excluding carboxylic acids is 1. The number of hydrogen-bond donors (Lipinski definition) is 2. The maximum atomic E-state index is 12.3. The number of ether oxygens (including phenoxy) is 1. The van der Waals surface area contributed by atoms with E-state index in [1.807, 2.05) is 49.4 Å². The van der Waals surface area contributed by atoms with Gasteiger partial charge in [0.1, 0.15) is 17.3 Å². The molecule has 0 aliphatic heterocycles. The topological polar surface area (TPSA) is 76.1 Å². The highest BCUT2D eigenvalue weighted by Crippen LogP contribution is 2.22. The summed E-state index contributed by atoms with van der Waals surface area (Å²) in [6, 6.07) is 13.3. The van der Waals surface area contributed by atoms with Crippen molar-refractivity contribution in [3.8, 4) is 5.75 Å². The van der Waals surface area contributed by atoms with E-state index in [9.17, 15) is 4.79 Å². The molecule has 7 heteroatoms. The van der Waals surface area contributed by atoms with Gasteiger partial charge in [-0.15, -0.1) is 0 Å². The summed E-state index contributed by atoms with van der Waals surface area (Å²) in [6.07, 6.45) is 3.67. The second-order valence-corrected chi connectivity index (χ2v) is 6.66. The summed E-state index contributed by atoms with van der Waals surface area (Å²) < 4.78 is 5.20. The van der Waals surface area contributed by atoms with E-state index in [1.54, 1.807) is 7.11 Å². The van der Waals surface area contributed by atoms with Gasteiger partial charge in [-0.05, 0) is 48.7 Å². The summed E-state index contributed by atoms with van der Waals surface area (Å²) in [5.74, 6) is 1.08. The third-order valence-corrected chi connectivity index (χ3v) is 4.42. The predicted octanol–water partition coefficient (Wildman–Crippen LogP) is 4.16. The van der Waals surface area contributed by atoms with Crippen molar-refractivity contribution in [2.75, 3.05) is 19.0 Å². The third kappa shape index (κ3) is 5.20. The molecule has 3 aromatic rings. The number of hydrogen-bond acceptors (Lipinski definition) is 5. The zero-order valence-electron chi connectivity index (χ0n) is 15.7. The highest BCUT2D eigenvalue weighted by Gasteiger charge is 2.08. The average Bonchev–Trinajstić information content (AvgIpc) is 2.71. The van der Waals surface area contributed by atoms with Gasteiger partial charge in [0.05, 0.1) is 19.5 Å². The molecule has 0 aliphatic carbocycles. The molecule has 0 bridgehead atoms. The highest BCUT2D eigenvalue weighted by molar-refractivity contribution is 6.30. The number of carbonyl (C=O) groups is 1. The van der Waals surface area contributed by atoms with Gasteiger partial charge in [-0.3, -0.25) is 4.79 Å². The SMILES string of the molecule is COc1cccc(CCNC(=O)c2cnc(Nc3cc(Cl)ccc3C)cn2)c1. The van der Waals surface area contributed by atoms with Gasteiger partial charge in [-0.1, -0.05) is 29.8 Å². The van der Waals surface area contributed by atoms with Crippen LogP contribution in [0.15, 0.2) is 54.9 Å². The van der Waals surface area contributed by atoms with Gasteiger partial charge in [0.25, 0.3) is 5.91 Å². The largest absolute Gasteiger partial charge is 0.497 e. The van der Waals surface area contributed by atoms with E-state index in [0.29, 0.717) is 23.8 Å². The van der Waals surface area contributed by atoms with Gasteiger partial charge in [0.2, 0.25) is 0 Å². The average molecular weight is 397 g/mol. The molecule has 144 valence electrons. The van der Waals surface area contributed by atoms with E-state index in [2.05, 4.69) is 20.6 Å². The lowest BCUT2D eigenvalue weighted by atomic mass is 10.1. The van der Waals surface area contributed by atoms with Crippen LogP contribution < -0.4 is 15.4 Å². The van der Waals surface area contributed by atoms with Crippen LogP contribution in [0.2, 0.25) is 5.02 Å². The lowest BCUT2D eigenvalue weighted by molar-refractivity contribution is 0.0949. The van der Waals surface area contributed by atoms with E-state index in [-0.39, 0.29) is 11.6 Å². The Morgan fingerprint density at radius 2 is 2.00 bits per heavy atom. The number of methoxy groups -OCH3 is 1. The Kier molecular flexibility index (Phi) is 6.45. The molecule has 1 aromatic heterocycles. The quantitative estimate of drug-likeness (QED) is 0.627. The number of aryl methyl sites for hydroxylation is 1. The van der Waals surface area contributed by atoms with Gasteiger partial charge in [0.15, 0.2) is 0 Å². The summed E-state index contributed by atoms with van der Waals surface area (Å²) in [7, 11) is 1.63. The number of anilines is 2. The van der Waals surface area contributed by atoms with Crippen molar-refractivity contribution in [2.45, 2.75) is 13.3 Å². The third-order valence-electron chi connectivity index (χ3n) is 4.18. The number of aromatic nitrogens is 2. The minimum Gasteiger partial charge on any atom is -0.497 e. The summed E-state index contributed by atoms with van der Waals surface area (Å²) in [6.45, 7) is 2.46. The molecule has 3 rings (SSSR count). The second-order valence-electron chi connectivity index (χ2n) is 6.23. The van der Waals surface area contributed by atoms with Crippen LogP contribution in [0, 0.1) is 6.92 Å². The molecule has 0 fully saturated rings. The molecule has 0 unspecified atom stereocenters. The van der Waals surface area contributed by atoms with Crippen molar-refractivity contribution in [3.05, 3.63) is 76.7 Å². The van der Waals surface area contributed by atoms with Crippen LogP contribution >= 0.6 is 11.6 Å². The molecule has 0 spiro atoms. The Hall–Kier alpha value is -3.12. The van der Waals surface area contributed by atoms with E-state index < -0.39 is 0 Å². The minimum absolute atomic E-state index is 0.263. The van der Waals surface area contributed by atoms with Crippen LogP contribution in [-0.2, 0) is 6.42 Å². The molecule has 0 radical (unpaired) electrons. The molecule has 2 aromatic carbocycles. The number of nitrogens with zero attached hydrogens (tertiary/aromatic N) is 2. The second kappa shape index (κ2) is 9.19. The van der Waals surface area contributed by atoms with E-state index in [0.717, 1.165) is 22.6 Å². The van der Waals surface area contributed by atoms with Gasteiger partial charge >= 0.3 is 0 Å². The molecule has 0 atom stereocenters. The van der Waals surface area contributed by atoms with Crippen LogP contribution in [0.3, 0.4) is 0 Å². The van der Waals surface area contributed by atoms with Crippen molar-refractivity contribution in [1.29, 1.82) is 0 Å². The minimum atomic E-state index is -0.263. The molecule has 0 saturated carbocycles. The van der Waals surface area contributed by atoms with E-state index in [1.165, 1.54) is 12.4 Å². The molecule has 1 heterocycles. The van der Waals surface area contributed by atoms with Crippen LogP contribution in [0.4, 0.5) is 11.5 Å². The van der Waals surface area contributed by atoms with Crippen molar-refractivity contribution in [2.24, 2.45) is 0 Å². The monoisotopic (exact) mass is 396 g/mol. The van der Waals surface area contributed by atoms with Gasteiger partial charge < -0.3 is 15.4 Å². The van der Waals surface area contributed by atoms with Gasteiger partial charge in [-0.2, -0.15) is 0 Å². The molecule has 2 N–H and O–H groups in total. The number of amides is 1. The number of rotatable bonds is 7. The van der Waals surface area contributed by atoms with E-state index in [4.69, 9.17) is 16.3 Å². The summed E-state index contributed by atoms with van der Waals surface area (Å²) in [4.78, 5) is 20.7. The van der Waals surface area contributed by atoms with E-state index >= 15 is 0 Å². The Labute approximate surface area is 168 Å². The Morgan fingerprint density at radius 1 is 1.14 bits per heavy atom. The molecule has 28 heavy (non-hydrogen) atoms. The maximum Gasteiger partial charge on any atom is 0.271 e.